The smallest absolute Gasteiger partial charge is 0.248 e. The highest BCUT2D eigenvalue weighted by Gasteiger charge is 2.36. The lowest BCUT2D eigenvalue weighted by molar-refractivity contribution is -0.0497. The lowest BCUT2D eigenvalue weighted by atomic mass is 9.81. The molecule has 4 heteroatoms. The molecule has 0 aliphatic heterocycles. The molecule has 0 aromatic carbocycles. The van der Waals surface area contributed by atoms with E-state index in [1.807, 2.05) is 6.92 Å². The Morgan fingerprint density at radius 2 is 2.00 bits per heavy atom. The van der Waals surface area contributed by atoms with Crippen molar-refractivity contribution < 1.29 is 8.78 Å². The third-order valence-electron chi connectivity index (χ3n) is 2.98. The van der Waals surface area contributed by atoms with Gasteiger partial charge in [-0.15, -0.1) is 0 Å². The fourth-order valence-electron chi connectivity index (χ4n) is 2.05. The summed E-state index contributed by atoms with van der Waals surface area (Å²) in [6.45, 7) is 2.03. The third-order valence-corrected chi connectivity index (χ3v) is 2.98. The van der Waals surface area contributed by atoms with Crippen LogP contribution in [0.5, 0.6) is 0 Å². The Bertz CT molecular complexity index is 148. The van der Waals surface area contributed by atoms with Crippen molar-refractivity contribution >= 4 is 0 Å². The van der Waals surface area contributed by atoms with Crippen LogP contribution in [0.1, 0.15) is 39.0 Å². The monoisotopic (exact) mass is 192 g/mol. The van der Waals surface area contributed by atoms with Gasteiger partial charge in [-0.25, -0.2) is 8.78 Å². The summed E-state index contributed by atoms with van der Waals surface area (Å²) in [5.41, 5.74) is 2.70. The van der Waals surface area contributed by atoms with Gasteiger partial charge in [0, 0.05) is 18.9 Å². The number of alkyl halides is 2. The Balaban J connectivity index is 2.39. The number of rotatable bonds is 3. The Kier molecular flexibility index (Phi) is 3.62. The summed E-state index contributed by atoms with van der Waals surface area (Å²) in [6.07, 6.45) is 2.14. The van der Waals surface area contributed by atoms with Crippen molar-refractivity contribution in [2.75, 3.05) is 0 Å². The molecule has 0 spiro atoms. The molecule has 78 valence electrons. The first-order chi connectivity index (χ1) is 6.09. The van der Waals surface area contributed by atoms with Crippen molar-refractivity contribution in [1.29, 1.82) is 0 Å². The van der Waals surface area contributed by atoms with Crippen LogP contribution >= 0.6 is 0 Å². The zero-order valence-corrected chi connectivity index (χ0v) is 8.02. The summed E-state index contributed by atoms with van der Waals surface area (Å²) in [6, 6.07) is 0.205. The number of halogens is 2. The first-order valence-electron chi connectivity index (χ1n) is 4.93. The Morgan fingerprint density at radius 3 is 2.38 bits per heavy atom. The van der Waals surface area contributed by atoms with Crippen LogP contribution in [0.3, 0.4) is 0 Å². The normalized spacial score (nSPS) is 25.8. The van der Waals surface area contributed by atoms with Crippen molar-refractivity contribution in [2.45, 2.75) is 51.0 Å². The van der Waals surface area contributed by atoms with E-state index in [2.05, 4.69) is 5.43 Å². The molecule has 1 rings (SSSR count). The molecule has 0 radical (unpaired) electrons. The third kappa shape index (κ3) is 2.88. The van der Waals surface area contributed by atoms with Gasteiger partial charge in [-0.05, 0) is 25.2 Å². The highest BCUT2D eigenvalue weighted by atomic mass is 19.3. The molecule has 1 aliphatic rings. The maximum atomic E-state index is 12.8. The Labute approximate surface area is 77.8 Å². The van der Waals surface area contributed by atoms with Crippen LogP contribution in [0, 0.1) is 5.92 Å². The zero-order valence-electron chi connectivity index (χ0n) is 8.02. The highest BCUT2D eigenvalue weighted by molar-refractivity contribution is 4.83. The van der Waals surface area contributed by atoms with Crippen LogP contribution in [0.15, 0.2) is 0 Å². The van der Waals surface area contributed by atoms with E-state index in [0.29, 0.717) is 18.8 Å². The maximum Gasteiger partial charge on any atom is 0.248 e. The van der Waals surface area contributed by atoms with Gasteiger partial charge in [-0.1, -0.05) is 6.92 Å². The molecule has 0 saturated heterocycles. The minimum absolute atomic E-state index is 0.0237. The molecule has 1 saturated carbocycles. The molecule has 0 aromatic rings. The van der Waals surface area contributed by atoms with Crippen LogP contribution in [0.2, 0.25) is 0 Å². The van der Waals surface area contributed by atoms with Gasteiger partial charge in [0.05, 0.1) is 0 Å². The van der Waals surface area contributed by atoms with E-state index < -0.39 is 5.92 Å². The lowest BCUT2D eigenvalue weighted by Gasteiger charge is -2.32. The minimum Gasteiger partial charge on any atom is -0.271 e. The van der Waals surface area contributed by atoms with Crippen molar-refractivity contribution in [3.8, 4) is 0 Å². The summed E-state index contributed by atoms with van der Waals surface area (Å²) in [5, 5.41) is 0. The largest absolute Gasteiger partial charge is 0.271 e. The molecule has 2 nitrogen and oxygen atoms in total. The van der Waals surface area contributed by atoms with E-state index in [4.69, 9.17) is 5.84 Å². The van der Waals surface area contributed by atoms with Crippen LogP contribution in [-0.2, 0) is 0 Å². The van der Waals surface area contributed by atoms with Crippen molar-refractivity contribution in [1.82, 2.24) is 5.43 Å². The quantitative estimate of drug-likeness (QED) is 0.530. The minimum atomic E-state index is -2.43. The molecule has 0 bridgehead atoms. The predicted molar refractivity (Wildman–Crippen MR) is 48.3 cm³/mol. The van der Waals surface area contributed by atoms with E-state index in [9.17, 15) is 8.78 Å². The first-order valence-corrected chi connectivity index (χ1v) is 4.93. The lowest BCUT2D eigenvalue weighted by Crippen LogP contribution is -2.43. The van der Waals surface area contributed by atoms with E-state index in [-0.39, 0.29) is 18.9 Å². The summed E-state index contributed by atoms with van der Waals surface area (Å²) in [4.78, 5) is 0. The second-order valence-electron chi connectivity index (χ2n) is 3.87. The fraction of sp³-hybridized carbons (Fsp3) is 1.00. The topological polar surface area (TPSA) is 38.0 Å². The second-order valence-corrected chi connectivity index (χ2v) is 3.87. The van der Waals surface area contributed by atoms with Gasteiger partial charge in [-0.3, -0.25) is 11.3 Å². The average molecular weight is 192 g/mol. The van der Waals surface area contributed by atoms with E-state index >= 15 is 0 Å². The van der Waals surface area contributed by atoms with E-state index in [1.165, 1.54) is 0 Å². The van der Waals surface area contributed by atoms with Crippen molar-refractivity contribution in [3.05, 3.63) is 0 Å². The SMILES string of the molecule is CCC(NN)C1CCC(F)(F)CC1. The molecule has 1 atom stereocenters. The number of nitrogens with one attached hydrogen (secondary N) is 1. The number of nitrogens with two attached hydrogens (primary N) is 1. The van der Waals surface area contributed by atoms with Gasteiger partial charge < -0.3 is 0 Å². The van der Waals surface area contributed by atoms with Crippen LogP contribution in [0.25, 0.3) is 0 Å². The van der Waals surface area contributed by atoms with Crippen molar-refractivity contribution in [3.63, 3.8) is 0 Å². The van der Waals surface area contributed by atoms with Crippen molar-refractivity contribution in [2.24, 2.45) is 11.8 Å². The van der Waals surface area contributed by atoms with Crippen LogP contribution in [0.4, 0.5) is 8.78 Å². The molecule has 1 fully saturated rings. The predicted octanol–water partition coefficient (Wildman–Crippen LogP) is 2.05. The molecule has 3 N–H and O–H groups in total. The summed E-state index contributed by atoms with van der Waals surface area (Å²) >= 11 is 0. The Morgan fingerprint density at radius 1 is 1.46 bits per heavy atom. The first kappa shape index (κ1) is 10.9. The Hall–Kier alpha value is -0.220. The molecule has 1 aliphatic carbocycles. The van der Waals surface area contributed by atoms with Crippen LogP contribution < -0.4 is 11.3 Å². The van der Waals surface area contributed by atoms with Gasteiger partial charge >= 0.3 is 0 Å². The van der Waals surface area contributed by atoms with Gasteiger partial charge in [0.25, 0.3) is 0 Å². The van der Waals surface area contributed by atoms with Gasteiger partial charge in [0.2, 0.25) is 5.92 Å². The molecular formula is C9H18F2N2. The number of hydrogen-bond donors (Lipinski definition) is 2. The number of hydrazine groups is 1. The van der Waals surface area contributed by atoms with Crippen LogP contribution in [-0.4, -0.2) is 12.0 Å². The second kappa shape index (κ2) is 4.33. The maximum absolute atomic E-state index is 12.8. The summed E-state index contributed by atoms with van der Waals surface area (Å²) < 4.78 is 25.6. The standard InChI is InChI=1S/C9H18F2N2/c1-2-8(13-12)7-3-5-9(10,11)6-4-7/h7-8,13H,2-6,12H2,1H3. The summed E-state index contributed by atoms with van der Waals surface area (Å²) in [7, 11) is 0. The van der Waals surface area contributed by atoms with Gasteiger partial charge in [-0.2, -0.15) is 0 Å². The van der Waals surface area contributed by atoms with E-state index in [0.717, 1.165) is 6.42 Å². The fourth-order valence-corrected chi connectivity index (χ4v) is 2.05. The molecule has 13 heavy (non-hydrogen) atoms. The molecule has 0 amide bonds. The molecule has 1 unspecified atom stereocenters. The molecule has 0 heterocycles. The highest BCUT2D eigenvalue weighted by Crippen LogP contribution is 2.37. The zero-order chi connectivity index (χ0) is 9.90. The van der Waals surface area contributed by atoms with Gasteiger partial charge in [0.15, 0.2) is 0 Å². The molecule has 0 aromatic heterocycles. The van der Waals surface area contributed by atoms with Gasteiger partial charge in [0.1, 0.15) is 0 Å². The average Bonchev–Trinajstić information content (AvgIpc) is 2.09. The van der Waals surface area contributed by atoms with E-state index in [1.54, 1.807) is 0 Å². The molecular weight excluding hydrogens is 174 g/mol. The number of hydrogen-bond acceptors (Lipinski definition) is 2. The summed E-state index contributed by atoms with van der Waals surface area (Å²) in [5.74, 6) is 3.25.